The van der Waals surface area contributed by atoms with Gasteiger partial charge in [-0.05, 0) is 110 Å². The molecule has 0 amide bonds. The van der Waals surface area contributed by atoms with E-state index in [0.717, 1.165) is 37.2 Å². The molecule has 3 saturated carbocycles. The third-order valence-corrected chi connectivity index (χ3v) is 10.9. The zero-order valence-corrected chi connectivity index (χ0v) is 20.7. The number of aliphatic hydroxyl groups is 1. The summed E-state index contributed by atoms with van der Waals surface area (Å²) in [5, 5.41) is 10.8. The summed E-state index contributed by atoms with van der Waals surface area (Å²) >= 11 is 0. The molecule has 1 aromatic carbocycles. The number of aliphatic hydroxyl groups excluding tert-OH is 1. The van der Waals surface area contributed by atoms with Crippen LogP contribution in [-0.4, -0.2) is 23.9 Å². The number of hydrogen-bond donors (Lipinski definition) is 1. The minimum absolute atomic E-state index is 0.00915. The molecule has 1 heterocycles. The maximum atomic E-state index is 10.8. The smallest absolute Gasteiger partial charge is 0.126 e. The van der Waals surface area contributed by atoms with Crippen molar-refractivity contribution in [3.63, 3.8) is 0 Å². The van der Waals surface area contributed by atoms with Crippen molar-refractivity contribution in [3.05, 3.63) is 23.3 Å². The van der Waals surface area contributed by atoms with Gasteiger partial charge in [0, 0.05) is 5.92 Å². The van der Waals surface area contributed by atoms with E-state index in [-0.39, 0.29) is 22.5 Å². The van der Waals surface area contributed by atoms with Crippen LogP contribution in [0.15, 0.2) is 12.1 Å². The molecular weight excluding hydrogens is 384 g/mol. The van der Waals surface area contributed by atoms with Gasteiger partial charge in [0.1, 0.15) is 17.1 Å². The molecule has 0 radical (unpaired) electrons. The number of ether oxygens (including phenoxy) is 2. The monoisotopic (exact) mass is 426 g/mol. The van der Waals surface area contributed by atoms with Gasteiger partial charge in [0.25, 0.3) is 0 Å². The van der Waals surface area contributed by atoms with Crippen molar-refractivity contribution >= 4 is 0 Å². The van der Waals surface area contributed by atoms with Gasteiger partial charge in [-0.1, -0.05) is 27.7 Å². The molecule has 172 valence electrons. The Labute approximate surface area is 188 Å². The van der Waals surface area contributed by atoms with Gasteiger partial charge in [-0.25, -0.2) is 0 Å². The Morgan fingerprint density at radius 1 is 0.903 bits per heavy atom. The van der Waals surface area contributed by atoms with E-state index in [0.29, 0.717) is 23.2 Å². The fourth-order valence-electron chi connectivity index (χ4n) is 9.21. The fraction of sp³-hybridized carbons (Fsp3) is 0.786. The number of rotatable bonds is 1. The summed E-state index contributed by atoms with van der Waals surface area (Å²) in [5.41, 5.74) is 3.01. The summed E-state index contributed by atoms with van der Waals surface area (Å²) in [6, 6.07) is 4.32. The van der Waals surface area contributed by atoms with Crippen LogP contribution in [0, 0.1) is 40.9 Å². The molecule has 3 heteroatoms. The Morgan fingerprint density at radius 3 is 2.26 bits per heavy atom. The van der Waals surface area contributed by atoms with Crippen LogP contribution in [0.5, 0.6) is 11.5 Å². The Bertz CT molecular complexity index is 890. The predicted octanol–water partition coefficient (Wildman–Crippen LogP) is 6.33. The van der Waals surface area contributed by atoms with Gasteiger partial charge in [0.2, 0.25) is 0 Å². The van der Waals surface area contributed by atoms with Crippen molar-refractivity contribution in [2.45, 2.75) is 98.2 Å². The first-order chi connectivity index (χ1) is 14.5. The van der Waals surface area contributed by atoms with E-state index < -0.39 is 0 Å². The van der Waals surface area contributed by atoms with Crippen LogP contribution in [0.1, 0.15) is 84.3 Å². The third-order valence-electron chi connectivity index (χ3n) is 10.9. The Balaban J connectivity index is 1.55. The van der Waals surface area contributed by atoms with E-state index in [4.69, 9.17) is 9.47 Å². The van der Waals surface area contributed by atoms with Crippen LogP contribution in [0.4, 0.5) is 0 Å². The molecule has 0 saturated heterocycles. The molecule has 3 aliphatic carbocycles. The van der Waals surface area contributed by atoms with Crippen molar-refractivity contribution in [2.75, 3.05) is 7.11 Å². The molecule has 1 N–H and O–H groups in total. The molecule has 4 aliphatic rings. The van der Waals surface area contributed by atoms with E-state index in [1.165, 1.54) is 30.4 Å². The molecule has 1 aliphatic heterocycles. The molecule has 0 bridgehead atoms. The first-order valence-corrected chi connectivity index (χ1v) is 12.5. The molecule has 5 rings (SSSR count). The van der Waals surface area contributed by atoms with Gasteiger partial charge in [-0.2, -0.15) is 0 Å². The largest absolute Gasteiger partial charge is 0.497 e. The third kappa shape index (κ3) is 2.81. The normalized spacial score (nSPS) is 45.4. The number of aryl methyl sites for hydroxylation is 1. The summed E-state index contributed by atoms with van der Waals surface area (Å²) in [6.45, 7) is 14.3. The highest BCUT2D eigenvalue weighted by Crippen LogP contribution is 2.70. The minimum atomic E-state index is -0.163. The number of methoxy groups -OCH3 is 1. The maximum absolute atomic E-state index is 10.8. The van der Waals surface area contributed by atoms with E-state index in [1.54, 1.807) is 7.11 Å². The summed E-state index contributed by atoms with van der Waals surface area (Å²) in [5.74, 6) is 3.86. The van der Waals surface area contributed by atoms with Crippen LogP contribution >= 0.6 is 0 Å². The average Bonchev–Trinajstić information content (AvgIpc) is 2.70. The second kappa shape index (κ2) is 6.65. The number of hydrogen-bond acceptors (Lipinski definition) is 3. The lowest BCUT2D eigenvalue weighted by atomic mass is 9.37. The summed E-state index contributed by atoms with van der Waals surface area (Å²) in [7, 11) is 1.76. The topological polar surface area (TPSA) is 38.7 Å². The second-order valence-corrected chi connectivity index (χ2v) is 12.7. The quantitative estimate of drug-likeness (QED) is 0.570. The highest BCUT2D eigenvalue weighted by atomic mass is 16.5. The molecule has 1 aromatic rings. The minimum Gasteiger partial charge on any atom is -0.497 e. The van der Waals surface area contributed by atoms with Crippen molar-refractivity contribution in [2.24, 2.45) is 34.0 Å². The molecular formula is C28H42O3. The van der Waals surface area contributed by atoms with Crippen LogP contribution in [0.2, 0.25) is 0 Å². The van der Waals surface area contributed by atoms with E-state index in [1.807, 2.05) is 0 Å². The van der Waals surface area contributed by atoms with E-state index >= 15 is 0 Å². The van der Waals surface area contributed by atoms with E-state index in [2.05, 4.69) is 53.7 Å². The molecule has 0 spiro atoms. The second-order valence-electron chi connectivity index (χ2n) is 12.7. The molecule has 3 nitrogen and oxygen atoms in total. The first kappa shape index (κ1) is 21.6. The highest BCUT2D eigenvalue weighted by molar-refractivity contribution is 5.49. The van der Waals surface area contributed by atoms with Crippen LogP contribution in [-0.2, 0) is 6.42 Å². The van der Waals surface area contributed by atoms with Gasteiger partial charge >= 0.3 is 0 Å². The van der Waals surface area contributed by atoms with Gasteiger partial charge in [-0.3, -0.25) is 0 Å². The van der Waals surface area contributed by atoms with Crippen molar-refractivity contribution in [1.29, 1.82) is 0 Å². The Morgan fingerprint density at radius 2 is 1.55 bits per heavy atom. The lowest BCUT2D eigenvalue weighted by Gasteiger charge is -2.69. The number of fused-ring (bicyclic) bond motifs is 6. The zero-order valence-electron chi connectivity index (χ0n) is 20.7. The Kier molecular flexibility index (Phi) is 4.64. The summed E-state index contributed by atoms with van der Waals surface area (Å²) < 4.78 is 12.5. The van der Waals surface area contributed by atoms with Gasteiger partial charge in [0.05, 0.1) is 13.2 Å². The molecule has 0 aromatic heterocycles. The SMILES string of the molecule is COc1cc(C)c2c(c1)C[C@H]1[C@@]3(C)CC[C@H]4C(C)(C)[C@@H](O)CC[C@]4(C)[C@@H]3CC[C@]1(C)O2. The van der Waals surface area contributed by atoms with Crippen LogP contribution < -0.4 is 9.47 Å². The highest BCUT2D eigenvalue weighted by Gasteiger charge is 2.66. The average molecular weight is 427 g/mol. The van der Waals surface area contributed by atoms with Gasteiger partial charge in [-0.15, -0.1) is 0 Å². The molecule has 0 unspecified atom stereocenters. The summed E-state index contributed by atoms with van der Waals surface area (Å²) in [6.07, 6.45) is 7.88. The van der Waals surface area contributed by atoms with Gasteiger partial charge < -0.3 is 14.6 Å². The fourth-order valence-corrected chi connectivity index (χ4v) is 9.21. The standard InChI is InChI=1S/C28H42O3/c1-17-14-19(30-7)15-18-16-22-27(5)11-8-20-25(2,3)23(29)10-12-26(20,4)21(27)9-13-28(22,6)31-24(17)18/h14-15,20-23,29H,8-13,16H2,1-7H3/t20-,21-,22-,23-,26-,27-,28-/m0/s1. The lowest BCUT2D eigenvalue weighted by molar-refractivity contribution is -0.223. The van der Waals surface area contributed by atoms with Crippen LogP contribution in [0.3, 0.4) is 0 Å². The van der Waals surface area contributed by atoms with Crippen molar-refractivity contribution in [1.82, 2.24) is 0 Å². The first-order valence-electron chi connectivity index (χ1n) is 12.5. The Hall–Kier alpha value is -1.22. The van der Waals surface area contributed by atoms with Crippen molar-refractivity contribution < 1.29 is 14.6 Å². The molecule has 3 fully saturated rings. The van der Waals surface area contributed by atoms with E-state index in [9.17, 15) is 5.11 Å². The zero-order chi connectivity index (χ0) is 22.4. The lowest BCUT2D eigenvalue weighted by Crippen LogP contribution is -2.66. The predicted molar refractivity (Wildman–Crippen MR) is 125 cm³/mol. The molecule has 7 atom stereocenters. The number of benzene rings is 1. The summed E-state index contributed by atoms with van der Waals surface area (Å²) in [4.78, 5) is 0. The molecule has 31 heavy (non-hydrogen) atoms. The van der Waals surface area contributed by atoms with Crippen molar-refractivity contribution in [3.8, 4) is 11.5 Å². The maximum Gasteiger partial charge on any atom is 0.126 e. The van der Waals surface area contributed by atoms with Gasteiger partial charge in [0.15, 0.2) is 0 Å². The van der Waals surface area contributed by atoms with Crippen LogP contribution in [0.25, 0.3) is 0 Å².